The first kappa shape index (κ1) is 18.2. The van der Waals surface area contributed by atoms with Gasteiger partial charge in [0.2, 0.25) is 10.0 Å². The lowest BCUT2D eigenvalue weighted by Crippen LogP contribution is -2.33. The van der Waals surface area contributed by atoms with E-state index >= 15 is 0 Å². The van der Waals surface area contributed by atoms with E-state index in [1.165, 1.54) is 6.07 Å². The molecule has 0 saturated heterocycles. The molecule has 7 heteroatoms. The molecule has 120 valence electrons. The summed E-state index contributed by atoms with van der Waals surface area (Å²) in [4.78, 5) is -0.511. The van der Waals surface area contributed by atoms with Crippen molar-refractivity contribution in [2.24, 2.45) is 5.92 Å². The molecular weight excluding hydrogens is 315 g/mol. The van der Waals surface area contributed by atoms with Gasteiger partial charge in [0.05, 0.1) is 5.69 Å². The summed E-state index contributed by atoms with van der Waals surface area (Å²) >= 11 is 5.74. The molecule has 0 radical (unpaired) electrons. The van der Waals surface area contributed by atoms with Gasteiger partial charge in [-0.25, -0.2) is 17.5 Å². The summed E-state index contributed by atoms with van der Waals surface area (Å²) in [5, 5.41) is 0.0849. The average molecular weight is 337 g/mol. The molecule has 0 aliphatic heterocycles. The van der Waals surface area contributed by atoms with E-state index in [1.54, 1.807) is 6.92 Å². The summed E-state index contributed by atoms with van der Waals surface area (Å²) < 4.78 is 40.7. The number of sulfonamides is 1. The van der Waals surface area contributed by atoms with Gasteiger partial charge in [0, 0.05) is 11.1 Å². The van der Waals surface area contributed by atoms with Crippen LogP contribution in [0.15, 0.2) is 17.0 Å². The molecule has 1 rings (SSSR count). The van der Waals surface area contributed by atoms with Crippen LogP contribution in [0, 0.1) is 11.7 Å². The lowest BCUT2D eigenvalue weighted by Gasteiger charge is -2.16. The fraction of sp³-hybridized carbons (Fsp3) is 0.571. The van der Waals surface area contributed by atoms with Crippen molar-refractivity contribution in [1.29, 1.82) is 0 Å². The van der Waals surface area contributed by atoms with E-state index in [4.69, 9.17) is 17.3 Å². The Morgan fingerprint density at radius 3 is 2.48 bits per heavy atom. The summed E-state index contributed by atoms with van der Waals surface area (Å²) in [5.74, 6) is -0.403. The van der Waals surface area contributed by atoms with Gasteiger partial charge in [0.15, 0.2) is 5.82 Å². The zero-order valence-corrected chi connectivity index (χ0v) is 14.1. The van der Waals surface area contributed by atoms with Crippen molar-refractivity contribution in [3.63, 3.8) is 0 Å². The Hall–Kier alpha value is -0.850. The molecule has 4 nitrogen and oxygen atoms in total. The first-order valence-electron chi connectivity index (χ1n) is 6.90. The van der Waals surface area contributed by atoms with Crippen molar-refractivity contribution in [3.8, 4) is 0 Å². The fourth-order valence-electron chi connectivity index (χ4n) is 2.00. The predicted octanol–water partition coefficient (Wildman–Crippen LogP) is 3.55. The molecule has 1 unspecified atom stereocenters. The molecule has 0 fully saturated rings. The fourth-order valence-corrected chi connectivity index (χ4v) is 3.70. The van der Waals surface area contributed by atoms with Crippen LogP contribution in [-0.4, -0.2) is 14.5 Å². The number of benzene rings is 1. The van der Waals surface area contributed by atoms with Crippen molar-refractivity contribution in [2.75, 3.05) is 5.73 Å². The van der Waals surface area contributed by atoms with Crippen LogP contribution in [0.4, 0.5) is 10.1 Å². The van der Waals surface area contributed by atoms with E-state index in [2.05, 4.69) is 18.6 Å². The molecule has 0 aromatic heterocycles. The largest absolute Gasteiger partial charge is 0.396 e. The summed E-state index contributed by atoms with van der Waals surface area (Å²) in [6.07, 6.45) is 2.61. The Kier molecular flexibility index (Phi) is 6.43. The lowest BCUT2D eigenvalue weighted by atomic mass is 10.0. The second-order valence-corrected chi connectivity index (χ2v) is 7.77. The zero-order valence-electron chi connectivity index (χ0n) is 12.5. The highest BCUT2D eigenvalue weighted by Gasteiger charge is 2.23. The minimum atomic E-state index is -3.98. The molecule has 0 bridgehead atoms. The maximum Gasteiger partial charge on any atom is 0.243 e. The van der Waals surface area contributed by atoms with Crippen LogP contribution in [0.25, 0.3) is 0 Å². The van der Waals surface area contributed by atoms with E-state index in [-0.39, 0.29) is 16.8 Å². The number of hydrogen-bond acceptors (Lipinski definition) is 3. The number of nitrogen functional groups attached to an aromatic ring is 1. The van der Waals surface area contributed by atoms with Crippen molar-refractivity contribution in [1.82, 2.24) is 4.72 Å². The van der Waals surface area contributed by atoms with E-state index in [1.807, 2.05) is 0 Å². The van der Waals surface area contributed by atoms with E-state index in [9.17, 15) is 12.8 Å². The number of hydrogen-bond donors (Lipinski definition) is 2. The van der Waals surface area contributed by atoms with Crippen molar-refractivity contribution in [3.05, 3.63) is 23.0 Å². The van der Waals surface area contributed by atoms with E-state index in [0.717, 1.165) is 18.9 Å². The monoisotopic (exact) mass is 336 g/mol. The van der Waals surface area contributed by atoms with Crippen LogP contribution in [0.1, 0.15) is 40.0 Å². The maximum absolute atomic E-state index is 13.9. The average Bonchev–Trinajstić information content (AvgIpc) is 2.32. The standard InChI is InChI=1S/C14H22ClFN2O2S/c1-9(2)5-4-6-10(3)18-21(19,20)13-8-11(15)7-12(17)14(13)16/h7-10,18H,4-6,17H2,1-3H3. The molecule has 3 N–H and O–H groups in total. The van der Waals surface area contributed by atoms with Gasteiger partial charge in [-0.2, -0.15) is 0 Å². The highest BCUT2D eigenvalue weighted by Crippen LogP contribution is 2.25. The summed E-state index contributed by atoms with van der Waals surface area (Å²) in [6.45, 7) is 5.97. The van der Waals surface area contributed by atoms with Gasteiger partial charge < -0.3 is 5.73 Å². The van der Waals surface area contributed by atoms with Crippen LogP contribution in [0.3, 0.4) is 0 Å². The van der Waals surface area contributed by atoms with Gasteiger partial charge >= 0.3 is 0 Å². The third-order valence-corrected chi connectivity index (χ3v) is 4.90. The van der Waals surface area contributed by atoms with Gasteiger partial charge in [0.25, 0.3) is 0 Å². The molecule has 0 heterocycles. The molecule has 0 aliphatic rings. The van der Waals surface area contributed by atoms with E-state index in [0.29, 0.717) is 12.3 Å². The van der Waals surface area contributed by atoms with Gasteiger partial charge in [0.1, 0.15) is 4.90 Å². The molecule has 0 saturated carbocycles. The van der Waals surface area contributed by atoms with Gasteiger partial charge in [-0.1, -0.05) is 38.3 Å². The summed E-state index contributed by atoms with van der Waals surface area (Å²) in [6, 6.07) is 1.96. The second-order valence-electron chi connectivity index (χ2n) is 5.65. The number of halogens is 2. The molecule has 21 heavy (non-hydrogen) atoms. The number of rotatable bonds is 7. The number of anilines is 1. The summed E-state index contributed by atoms with van der Waals surface area (Å²) in [7, 11) is -3.98. The normalized spacial score (nSPS) is 13.6. The predicted molar refractivity (Wildman–Crippen MR) is 84.3 cm³/mol. The summed E-state index contributed by atoms with van der Waals surface area (Å²) in [5.41, 5.74) is 5.13. The van der Waals surface area contributed by atoms with E-state index < -0.39 is 20.7 Å². The van der Waals surface area contributed by atoms with Crippen LogP contribution < -0.4 is 10.5 Å². The SMILES string of the molecule is CC(C)CCCC(C)NS(=O)(=O)c1cc(Cl)cc(N)c1F. The molecule has 0 amide bonds. The number of nitrogens with one attached hydrogen (secondary N) is 1. The van der Waals surface area contributed by atoms with Crippen LogP contribution in [0.5, 0.6) is 0 Å². The van der Waals surface area contributed by atoms with Crippen LogP contribution in [0.2, 0.25) is 5.02 Å². The Morgan fingerprint density at radius 1 is 1.29 bits per heavy atom. The molecule has 1 atom stereocenters. The van der Waals surface area contributed by atoms with Gasteiger partial charge in [-0.15, -0.1) is 0 Å². The Balaban J connectivity index is 2.82. The Bertz CT molecular complexity index is 591. The first-order chi connectivity index (χ1) is 9.63. The third-order valence-electron chi connectivity index (χ3n) is 3.10. The second kappa shape index (κ2) is 7.42. The maximum atomic E-state index is 13.9. The van der Waals surface area contributed by atoms with Crippen LogP contribution >= 0.6 is 11.6 Å². The highest BCUT2D eigenvalue weighted by atomic mass is 35.5. The van der Waals surface area contributed by atoms with Gasteiger partial charge in [-0.05, 0) is 31.4 Å². The molecular formula is C14H22ClFN2O2S. The zero-order chi connectivity index (χ0) is 16.2. The van der Waals surface area contributed by atoms with Crippen molar-refractivity contribution >= 4 is 27.3 Å². The Labute approximate surface area is 130 Å². The van der Waals surface area contributed by atoms with Crippen molar-refractivity contribution in [2.45, 2.75) is 51.0 Å². The molecule has 0 spiro atoms. The van der Waals surface area contributed by atoms with Crippen molar-refractivity contribution < 1.29 is 12.8 Å². The quantitative estimate of drug-likeness (QED) is 0.748. The third kappa shape index (κ3) is 5.45. The number of nitrogens with two attached hydrogens (primary N) is 1. The smallest absolute Gasteiger partial charge is 0.243 e. The molecule has 1 aromatic rings. The van der Waals surface area contributed by atoms with Crippen LogP contribution in [-0.2, 0) is 10.0 Å². The first-order valence-corrected chi connectivity index (χ1v) is 8.76. The minimum absolute atomic E-state index is 0.0849. The van der Waals surface area contributed by atoms with Gasteiger partial charge in [-0.3, -0.25) is 0 Å². The molecule has 0 aliphatic carbocycles. The minimum Gasteiger partial charge on any atom is -0.396 e. The lowest BCUT2D eigenvalue weighted by molar-refractivity contribution is 0.486. The molecule has 1 aromatic carbocycles. The topological polar surface area (TPSA) is 72.2 Å². The Morgan fingerprint density at radius 2 is 1.90 bits per heavy atom. The highest BCUT2D eigenvalue weighted by molar-refractivity contribution is 7.89.